The summed E-state index contributed by atoms with van der Waals surface area (Å²) in [5.41, 5.74) is 0.658. The summed E-state index contributed by atoms with van der Waals surface area (Å²) in [5, 5.41) is 3.37. The Bertz CT molecular complexity index is 465. The second-order valence-corrected chi connectivity index (χ2v) is 6.47. The van der Waals surface area contributed by atoms with Crippen LogP contribution in [0.25, 0.3) is 0 Å². The van der Waals surface area contributed by atoms with E-state index in [1.54, 1.807) is 17.3 Å². The molecule has 0 bridgehead atoms. The van der Waals surface area contributed by atoms with Crippen LogP contribution in [-0.4, -0.2) is 65.7 Å². The van der Waals surface area contributed by atoms with E-state index in [2.05, 4.69) is 15.2 Å². The first-order valence-corrected chi connectivity index (χ1v) is 7.78. The number of hydrogen-bond acceptors (Lipinski definition) is 5. The molecule has 0 saturated carbocycles. The Morgan fingerprint density at radius 2 is 1.86 bits per heavy atom. The smallest absolute Gasteiger partial charge is 0.410 e. The second kappa shape index (κ2) is 7.45. The van der Waals surface area contributed by atoms with Crippen LogP contribution in [0.3, 0.4) is 0 Å². The predicted molar refractivity (Wildman–Crippen MR) is 87.0 cm³/mol. The van der Waals surface area contributed by atoms with Gasteiger partial charge in [0.25, 0.3) is 0 Å². The second-order valence-electron chi connectivity index (χ2n) is 6.47. The van der Waals surface area contributed by atoms with Gasteiger partial charge in [0, 0.05) is 57.3 Å². The lowest BCUT2D eigenvalue weighted by Crippen LogP contribution is -2.50. The minimum absolute atomic E-state index is 0.206. The van der Waals surface area contributed by atoms with Gasteiger partial charge in [0.1, 0.15) is 5.60 Å². The number of ether oxygens (including phenoxy) is 1. The molecule has 1 aromatic rings. The average Bonchev–Trinajstić information content (AvgIpc) is 2.47. The van der Waals surface area contributed by atoms with Crippen LogP contribution >= 0.6 is 0 Å². The molecule has 2 heterocycles. The predicted octanol–water partition coefficient (Wildman–Crippen LogP) is 2.05. The monoisotopic (exact) mass is 306 g/mol. The lowest BCUT2D eigenvalue weighted by atomic mass is 10.2. The molecule has 2 rings (SSSR count). The standard InChI is InChI=1S/C16H26N4O2/c1-16(2,3)22-15(21)20-12-10-19(11-13-20)9-8-18-14-4-6-17-7-5-14/h4-7H,8-13H2,1-3H3,(H,17,18). The third-order valence-corrected chi connectivity index (χ3v) is 3.46. The fourth-order valence-electron chi connectivity index (χ4n) is 2.31. The zero-order chi connectivity index (χ0) is 16.0. The van der Waals surface area contributed by atoms with Crippen molar-refractivity contribution in [3.8, 4) is 0 Å². The van der Waals surface area contributed by atoms with Crippen LogP contribution in [0.1, 0.15) is 20.8 Å². The van der Waals surface area contributed by atoms with E-state index in [1.807, 2.05) is 32.9 Å². The summed E-state index contributed by atoms with van der Waals surface area (Å²) in [6.07, 6.45) is 3.35. The summed E-state index contributed by atoms with van der Waals surface area (Å²) in [6.45, 7) is 10.8. The van der Waals surface area contributed by atoms with Gasteiger partial charge in [-0.15, -0.1) is 0 Å². The van der Waals surface area contributed by atoms with E-state index in [0.29, 0.717) is 0 Å². The van der Waals surface area contributed by atoms with Gasteiger partial charge in [0.05, 0.1) is 0 Å². The highest BCUT2D eigenvalue weighted by atomic mass is 16.6. The van der Waals surface area contributed by atoms with E-state index in [4.69, 9.17) is 4.74 Å². The van der Waals surface area contributed by atoms with E-state index >= 15 is 0 Å². The molecular formula is C16H26N4O2. The molecule has 0 aromatic carbocycles. The molecule has 122 valence electrons. The minimum Gasteiger partial charge on any atom is -0.444 e. The van der Waals surface area contributed by atoms with E-state index in [-0.39, 0.29) is 6.09 Å². The zero-order valence-corrected chi connectivity index (χ0v) is 13.7. The van der Waals surface area contributed by atoms with Crippen molar-refractivity contribution in [1.82, 2.24) is 14.8 Å². The summed E-state index contributed by atoms with van der Waals surface area (Å²) >= 11 is 0. The maximum Gasteiger partial charge on any atom is 0.410 e. The van der Waals surface area contributed by atoms with E-state index < -0.39 is 5.60 Å². The van der Waals surface area contributed by atoms with Gasteiger partial charge in [-0.2, -0.15) is 0 Å². The number of rotatable bonds is 4. The van der Waals surface area contributed by atoms with Crippen molar-refractivity contribution in [2.45, 2.75) is 26.4 Å². The molecule has 0 unspecified atom stereocenters. The molecule has 1 saturated heterocycles. The highest BCUT2D eigenvalue weighted by Crippen LogP contribution is 2.11. The molecule has 0 atom stereocenters. The number of amides is 1. The van der Waals surface area contributed by atoms with Gasteiger partial charge in [-0.3, -0.25) is 9.88 Å². The minimum atomic E-state index is -0.428. The van der Waals surface area contributed by atoms with Crippen LogP contribution in [0.15, 0.2) is 24.5 Å². The molecule has 6 heteroatoms. The van der Waals surface area contributed by atoms with E-state index in [0.717, 1.165) is 45.0 Å². The molecule has 1 N–H and O–H groups in total. The molecular weight excluding hydrogens is 280 g/mol. The maximum absolute atomic E-state index is 12.0. The van der Waals surface area contributed by atoms with Crippen LogP contribution in [0.4, 0.5) is 10.5 Å². The Balaban J connectivity index is 1.66. The van der Waals surface area contributed by atoms with Crippen LogP contribution in [0.2, 0.25) is 0 Å². The molecule has 1 amide bonds. The van der Waals surface area contributed by atoms with Crippen LogP contribution in [0, 0.1) is 0 Å². The summed E-state index contributed by atoms with van der Waals surface area (Å²) in [6, 6.07) is 3.92. The molecule has 22 heavy (non-hydrogen) atoms. The van der Waals surface area contributed by atoms with Crippen molar-refractivity contribution >= 4 is 11.8 Å². The number of aromatic nitrogens is 1. The Kier molecular flexibility index (Phi) is 5.60. The average molecular weight is 306 g/mol. The van der Waals surface area contributed by atoms with E-state index in [9.17, 15) is 4.79 Å². The summed E-state index contributed by atoms with van der Waals surface area (Å²) in [7, 11) is 0. The SMILES string of the molecule is CC(C)(C)OC(=O)N1CCN(CCNc2ccncc2)CC1. The lowest BCUT2D eigenvalue weighted by Gasteiger charge is -2.35. The fraction of sp³-hybridized carbons (Fsp3) is 0.625. The van der Waals surface area contributed by atoms with Crippen LogP contribution in [0.5, 0.6) is 0 Å². The molecule has 0 aliphatic carbocycles. The molecule has 1 aliphatic rings. The van der Waals surface area contributed by atoms with Crippen molar-refractivity contribution < 1.29 is 9.53 Å². The number of carbonyl (C=O) groups is 1. The zero-order valence-electron chi connectivity index (χ0n) is 13.7. The maximum atomic E-state index is 12.0. The normalized spacial score (nSPS) is 16.4. The summed E-state index contributed by atoms with van der Waals surface area (Å²) < 4.78 is 5.40. The quantitative estimate of drug-likeness (QED) is 0.922. The number of nitrogens with zero attached hydrogens (tertiary/aromatic N) is 3. The van der Waals surface area contributed by atoms with Gasteiger partial charge in [-0.1, -0.05) is 0 Å². The first kappa shape index (κ1) is 16.5. The molecule has 0 radical (unpaired) electrons. The third-order valence-electron chi connectivity index (χ3n) is 3.46. The van der Waals surface area contributed by atoms with E-state index in [1.165, 1.54) is 0 Å². The molecule has 1 fully saturated rings. The Morgan fingerprint density at radius 1 is 1.23 bits per heavy atom. The Hall–Kier alpha value is -1.82. The van der Waals surface area contributed by atoms with Crippen molar-refractivity contribution in [1.29, 1.82) is 0 Å². The molecule has 1 aromatic heterocycles. The molecule has 6 nitrogen and oxygen atoms in total. The summed E-state index contributed by atoms with van der Waals surface area (Å²) in [4.78, 5) is 20.1. The molecule has 0 spiro atoms. The topological polar surface area (TPSA) is 57.7 Å². The van der Waals surface area contributed by atoms with Crippen molar-refractivity contribution in [2.24, 2.45) is 0 Å². The van der Waals surface area contributed by atoms with Gasteiger partial charge in [0.2, 0.25) is 0 Å². The van der Waals surface area contributed by atoms with Gasteiger partial charge in [0.15, 0.2) is 0 Å². The highest BCUT2D eigenvalue weighted by Gasteiger charge is 2.25. The first-order chi connectivity index (χ1) is 10.4. The van der Waals surface area contributed by atoms with Gasteiger partial charge in [-0.25, -0.2) is 4.79 Å². The third kappa shape index (κ3) is 5.52. The largest absolute Gasteiger partial charge is 0.444 e. The number of pyridine rings is 1. The number of anilines is 1. The number of carbonyl (C=O) groups excluding carboxylic acids is 1. The fourth-order valence-corrected chi connectivity index (χ4v) is 2.31. The lowest BCUT2D eigenvalue weighted by molar-refractivity contribution is 0.0148. The van der Waals surface area contributed by atoms with Crippen molar-refractivity contribution in [3.63, 3.8) is 0 Å². The molecule has 1 aliphatic heterocycles. The Labute approximate surface area is 132 Å². The highest BCUT2D eigenvalue weighted by molar-refractivity contribution is 5.68. The first-order valence-electron chi connectivity index (χ1n) is 7.78. The summed E-state index contributed by atoms with van der Waals surface area (Å²) in [5.74, 6) is 0. The Morgan fingerprint density at radius 3 is 2.45 bits per heavy atom. The van der Waals surface area contributed by atoms with Gasteiger partial charge < -0.3 is 15.0 Å². The van der Waals surface area contributed by atoms with Gasteiger partial charge in [-0.05, 0) is 32.9 Å². The number of nitrogens with one attached hydrogen (secondary N) is 1. The number of hydrogen-bond donors (Lipinski definition) is 1. The van der Waals surface area contributed by atoms with Gasteiger partial charge >= 0.3 is 6.09 Å². The van der Waals surface area contributed by atoms with Crippen LogP contribution in [-0.2, 0) is 4.74 Å². The number of piperazine rings is 1. The van der Waals surface area contributed by atoms with Crippen molar-refractivity contribution in [2.75, 3.05) is 44.6 Å². The van der Waals surface area contributed by atoms with Crippen molar-refractivity contribution in [3.05, 3.63) is 24.5 Å². The van der Waals surface area contributed by atoms with Crippen LogP contribution < -0.4 is 5.32 Å².